The average Bonchev–Trinajstić information content (AvgIpc) is 2.65. The van der Waals surface area contributed by atoms with Crippen molar-refractivity contribution in [2.75, 3.05) is 6.61 Å². The largest absolute Gasteiger partial charge is 0.484 e. The molecule has 0 saturated carbocycles. The molecule has 0 fully saturated rings. The lowest BCUT2D eigenvalue weighted by Gasteiger charge is -2.29. The maximum atomic E-state index is 13.0. The van der Waals surface area contributed by atoms with Gasteiger partial charge in [-0.3, -0.25) is 9.59 Å². The lowest BCUT2D eigenvalue weighted by atomic mass is 10.1. The van der Waals surface area contributed by atoms with Gasteiger partial charge >= 0.3 is 0 Å². The Balaban J connectivity index is 2.15. The van der Waals surface area contributed by atoms with E-state index in [-0.39, 0.29) is 31.0 Å². The fourth-order valence-corrected chi connectivity index (χ4v) is 2.75. The van der Waals surface area contributed by atoms with Gasteiger partial charge in [0.1, 0.15) is 17.6 Å². The summed E-state index contributed by atoms with van der Waals surface area (Å²) in [5.41, 5.74) is 0.725. The molecule has 7 heteroatoms. The van der Waals surface area contributed by atoms with E-state index in [4.69, 9.17) is 16.3 Å². The van der Waals surface area contributed by atoms with E-state index in [1.54, 1.807) is 25.1 Å². The number of carbonyl (C=O) groups excluding carboxylic acids is 2. The topological polar surface area (TPSA) is 58.6 Å². The Bertz CT molecular complexity index is 812. The summed E-state index contributed by atoms with van der Waals surface area (Å²) < 4.78 is 18.5. The van der Waals surface area contributed by atoms with Crippen molar-refractivity contribution in [3.63, 3.8) is 0 Å². The molecule has 5 nitrogen and oxygen atoms in total. The molecule has 0 saturated heterocycles. The number of amides is 2. The summed E-state index contributed by atoms with van der Waals surface area (Å²) in [6, 6.07) is 11.8. The van der Waals surface area contributed by atoms with Gasteiger partial charge in [0.15, 0.2) is 6.61 Å². The first kappa shape index (κ1) is 21.7. The van der Waals surface area contributed by atoms with E-state index in [1.807, 2.05) is 19.9 Å². The predicted octanol–water partition coefficient (Wildman–Crippen LogP) is 3.80. The van der Waals surface area contributed by atoms with Crippen molar-refractivity contribution >= 4 is 23.4 Å². The van der Waals surface area contributed by atoms with Gasteiger partial charge in [0.25, 0.3) is 5.91 Å². The number of benzene rings is 2. The van der Waals surface area contributed by atoms with Crippen molar-refractivity contribution < 1.29 is 18.7 Å². The molecule has 2 aromatic carbocycles. The number of nitrogens with one attached hydrogen (secondary N) is 1. The molecule has 0 heterocycles. The van der Waals surface area contributed by atoms with Crippen LogP contribution in [0.5, 0.6) is 5.75 Å². The van der Waals surface area contributed by atoms with Crippen LogP contribution < -0.4 is 10.1 Å². The number of halogens is 2. The zero-order valence-corrected chi connectivity index (χ0v) is 16.9. The Hall–Kier alpha value is -2.60. The van der Waals surface area contributed by atoms with Gasteiger partial charge in [-0.2, -0.15) is 0 Å². The molecule has 150 valence electrons. The fourth-order valence-electron chi connectivity index (χ4n) is 2.56. The van der Waals surface area contributed by atoms with Crippen molar-refractivity contribution in [3.05, 3.63) is 64.9 Å². The number of hydrogen-bond donors (Lipinski definition) is 1. The quantitative estimate of drug-likeness (QED) is 0.725. The van der Waals surface area contributed by atoms with Crippen molar-refractivity contribution in [3.8, 4) is 5.75 Å². The van der Waals surface area contributed by atoms with Gasteiger partial charge in [0, 0.05) is 17.6 Å². The molecule has 2 amide bonds. The third-order valence-corrected chi connectivity index (χ3v) is 4.44. The molecule has 0 radical (unpaired) electrons. The van der Waals surface area contributed by atoms with Crippen LogP contribution >= 0.6 is 11.6 Å². The van der Waals surface area contributed by atoms with Gasteiger partial charge in [-0.15, -0.1) is 0 Å². The Morgan fingerprint density at radius 3 is 2.36 bits per heavy atom. The first-order valence-electron chi connectivity index (χ1n) is 8.99. The maximum absolute atomic E-state index is 13.0. The van der Waals surface area contributed by atoms with E-state index < -0.39 is 11.9 Å². The molecule has 0 aliphatic carbocycles. The van der Waals surface area contributed by atoms with E-state index in [9.17, 15) is 14.0 Å². The van der Waals surface area contributed by atoms with Crippen LogP contribution in [0.4, 0.5) is 4.39 Å². The van der Waals surface area contributed by atoms with Gasteiger partial charge in [-0.05, 0) is 56.7 Å². The Labute approximate surface area is 169 Å². The summed E-state index contributed by atoms with van der Waals surface area (Å²) in [4.78, 5) is 26.7. The summed E-state index contributed by atoms with van der Waals surface area (Å²) in [5, 5.41) is 3.32. The van der Waals surface area contributed by atoms with Crippen LogP contribution in [0, 0.1) is 5.82 Å². The highest BCUT2D eigenvalue weighted by Crippen LogP contribution is 2.19. The first-order chi connectivity index (χ1) is 13.3. The second kappa shape index (κ2) is 10.1. The molecule has 28 heavy (non-hydrogen) atoms. The molecular formula is C21H24ClFN2O3. The smallest absolute Gasteiger partial charge is 0.261 e. The highest BCUT2D eigenvalue weighted by molar-refractivity contribution is 6.31. The summed E-state index contributed by atoms with van der Waals surface area (Å²) in [6.07, 6.45) is 0. The average molecular weight is 407 g/mol. The molecule has 1 N–H and O–H groups in total. The lowest BCUT2D eigenvalue weighted by molar-refractivity contribution is -0.142. The molecule has 1 unspecified atom stereocenters. The number of carbonyl (C=O) groups is 2. The highest BCUT2D eigenvalue weighted by atomic mass is 35.5. The van der Waals surface area contributed by atoms with Crippen LogP contribution in [-0.2, 0) is 16.1 Å². The monoisotopic (exact) mass is 406 g/mol. The first-order valence-corrected chi connectivity index (χ1v) is 9.37. The second-order valence-corrected chi connectivity index (χ2v) is 7.10. The second-order valence-electron chi connectivity index (χ2n) is 6.69. The summed E-state index contributed by atoms with van der Waals surface area (Å²) in [5.74, 6) is -0.669. The molecule has 0 spiro atoms. The minimum atomic E-state index is -0.719. The zero-order chi connectivity index (χ0) is 20.7. The van der Waals surface area contributed by atoms with Gasteiger partial charge in [-0.1, -0.05) is 29.8 Å². The van der Waals surface area contributed by atoms with Crippen molar-refractivity contribution in [2.24, 2.45) is 0 Å². The van der Waals surface area contributed by atoms with Gasteiger partial charge in [0.2, 0.25) is 5.91 Å². The van der Waals surface area contributed by atoms with Crippen LogP contribution in [0.15, 0.2) is 48.5 Å². The number of ether oxygens (including phenoxy) is 1. The molecular weight excluding hydrogens is 383 g/mol. The summed E-state index contributed by atoms with van der Waals surface area (Å²) >= 11 is 6.22. The van der Waals surface area contributed by atoms with E-state index in [0.717, 1.165) is 5.56 Å². The third kappa shape index (κ3) is 6.23. The van der Waals surface area contributed by atoms with Crippen LogP contribution in [0.2, 0.25) is 5.02 Å². The molecule has 1 atom stereocenters. The van der Waals surface area contributed by atoms with Gasteiger partial charge < -0.3 is 15.0 Å². The van der Waals surface area contributed by atoms with Crippen LogP contribution in [0.3, 0.4) is 0 Å². The molecule has 0 aliphatic heterocycles. The zero-order valence-electron chi connectivity index (χ0n) is 16.1. The van der Waals surface area contributed by atoms with Crippen LogP contribution in [0.25, 0.3) is 0 Å². The minimum absolute atomic E-state index is 0.0531. The molecule has 2 rings (SSSR count). The van der Waals surface area contributed by atoms with Crippen molar-refractivity contribution in [1.82, 2.24) is 10.2 Å². The molecule has 0 aliphatic rings. The van der Waals surface area contributed by atoms with Crippen molar-refractivity contribution in [1.29, 1.82) is 0 Å². The summed E-state index contributed by atoms with van der Waals surface area (Å²) in [6.45, 7) is 5.24. The molecule has 0 bridgehead atoms. The van der Waals surface area contributed by atoms with Gasteiger partial charge in [0.05, 0.1) is 0 Å². The molecule has 0 aromatic heterocycles. The Morgan fingerprint density at radius 1 is 1.11 bits per heavy atom. The third-order valence-electron chi connectivity index (χ3n) is 4.07. The Morgan fingerprint density at radius 2 is 1.75 bits per heavy atom. The highest BCUT2D eigenvalue weighted by Gasteiger charge is 2.27. The van der Waals surface area contributed by atoms with Gasteiger partial charge in [-0.25, -0.2) is 4.39 Å². The van der Waals surface area contributed by atoms with Crippen LogP contribution in [-0.4, -0.2) is 35.4 Å². The maximum Gasteiger partial charge on any atom is 0.261 e. The number of rotatable bonds is 8. The fraction of sp³-hybridized carbons (Fsp3) is 0.333. The van der Waals surface area contributed by atoms with E-state index in [1.165, 1.54) is 29.2 Å². The SMILES string of the molecule is CC(C)NC(=O)C(C)N(Cc1ccccc1Cl)C(=O)COc1ccc(F)cc1. The minimum Gasteiger partial charge on any atom is -0.484 e. The Kier molecular flexibility index (Phi) is 7.81. The standard InChI is InChI=1S/C21H24ClFN2O3/c1-14(2)24-21(27)15(3)25(12-16-6-4-5-7-19(16)22)20(26)13-28-18-10-8-17(23)9-11-18/h4-11,14-15H,12-13H2,1-3H3,(H,24,27). The molecule has 2 aromatic rings. The lowest BCUT2D eigenvalue weighted by Crippen LogP contribution is -2.50. The van der Waals surface area contributed by atoms with Crippen LogP contribution in [0.1, 0.15) is 26.3 Å². The number of nitrogens with zero attached hydrogens (tertiary/aromatic N) is 1. The van der Waals surface area contributed by atoms with Crippen molar-refractivity contribution in [2.45, 2.75) is 39.4 Å². The predicted molar refractivity (Wildman–Crippen MR) is 107 cm³/mol. The summed E-state index contributed by atoms with van der Waals surface area (Å²) in [7, 11) is 0. The normalized spacial score (nSPS) is 11.8. The van der Waals surface area contributed by atoms with E-state index in [2.05, 4.69) is 5.32 Å². The number of hydrogen-bond acceptors (Lipinski definition) is 3. The van der Waals surface area contributed by atoms with E-state index >= 15 is 0 Å². The van der Waals surface area contributed by atoms with E-state index in [0.29, 0.717) is 10.8 Å².